The summed E-state index contributed by atoms with van der Waals surface area (Å²) in [5, 5.41) is 3.97. The van der Waals surface area contributed by atoms with E-state index in [1.54, 1.807) is 31.4 Å². The minimum atomic E-state index is -3.66. The molecular weight excluding hydrogens is 326 g/mol. The molecule has 0 saturated heterocycles. The molecule has 0 spiro atoms. The molecule has 6 nitrogen and oxygen atoms in total. The summed E-state index contributed by atoms with van der Waals surface area (Å²) in [4.78, 5) is 0. The average molecular weight is 343 g/mol. The number of ether oxygens (including phenoxy) is 1. The lowest BCUT2D eigenvalue weighted by Gasteiger charge is -2.05. The highest BCUT2D eigenvalue weighted by Gasteiger charge is 2.19. The monoisotopic (exact) mass is 343 g/mol. The van der Waals surface area contributed by atoms with E-state index >= 15 is 0 Å². The number of hydrogen-bond acceptors (Lipinski definition) is 5. The molecule has 0 aliphatic heterocycles. The molecule has 24 heavy (non-hydrogen) atoms. The summed E-state index contributed by atoms with van der Waals surface area (Å²) >= 11 is 0. The van der Waals surface area contributed by atoms with E-state index in [0.717, 1.165) is 9.65 Å². The lowest BCUT2D eigenvalue weighted by atomic mass is 10.1. The molecular formula is C17H17N3O3S. The Labute approximate surface area is 140 Å². The summed E-state index contributed by atoms with van der Waals surface area (Å²) in [7, 11) is -2.10. The Morgan fingerprint density at radius 1 is 1.08 bits per heavy atom. The van der Waals surface area contributed by atoms with Gasteiger partial charge in [0, 0.05) is 5.56 Å². The molecule has 0 fully saturated rings. The molecule has 0 radical (unpaired) electrons. The summed E-state index contributed by atoms with van der Waals surface area (Å²) in [6.45, 7) is 0. The first kappa shape index (κ1) is 16.1. The molecule has 0 aliphatic carbocycles. The second-order valence-corrected chi connectivity index (χ2v) is 7.10. The van der Waals surface area contributed by atoms with Gasteiger partial charge in [0.1, 0.15) is 5.75 Å². The van der Waals surface area contributed by atoms with Crippen LogP contribution in [0.5, 0.6) is 5.75 Å². The van der Waals surface area contributed by atoms with E-state index in [1.807, 2.05) is 30.3 Å². The fourth-order valence-electron chi connectivity index (χ4n) is 2.35. The van der Waals surface area contributed by atoms with Gasteiger partial charge in [-0.25, -0.2) is 8.42 Å². The van der Waals surface area contributed by atoms with E-state index in [4.69, 9.17) is 10.5 Å². The summed E-state index contributed by atoms with van der Waals surface area (Å²) in [5.74, 6) is 0.678. The third-order valence-electron chi connectivity index (χ3n) is 3.60. The van der Waals surface area contributed by atoms with Crippen LogP contribution in [0.1, 0.15) is 5.56 Å². The van der Waals surface area contributed by atoms with Crippen LogP contribution in [0, 0.1) is 0 Å². The first-order valence-corrected chi connectivity index (χ1v) is 8.87. The molecule has 2 N–H and O–H groups in total. The van der Waals surface area contributed by atoms with E-state index in [-0.39, 0.29) is 11.6 Å². The second-order valence-electron chi connectivity index (χ2n) is 5.27. The third kappa shape index (κ3) is 3.26. The highest BCUT2D eigenvalue weighted by molar-refractivity contribution is 7.89. The lowest BCUT2D eigenvalue weighted by Crippen LogP contribution is -2.15. The molecule has 0 amide bonds. The van der Waals surface area contributed by atoms with Gasteiger partial charge in [0.25, 0.3) is 10.0 Å². The van der Waals surface area contributed by atoms with Gasteiger partial charge in [-0.05, 0) is 23.3 Å². The molecule has 124 valence electrons. The highest BCUT2D eigenvalue weighted by Crippen LogP contribution is 2.25. The van der Waals surface area contributed by atoms with Gasteiger partial charge in [0.15, 0.2) is 5.82 Å². The standard InChI is InChI=1S/C17H17N3O3S/c1-23-15-9-7-13(8-10-15)12-24(21,22)20-11-16(17(18)19-20)14-5-3-2-4-6-14/h2-11H,12H2,1H3,(H2,18,19). The second kappa shape index (κ2) is 6.37. The maximum atomic E-state index is 12.6. The van der Waals surface area contributed by atoms with Crippen molar-refractivity contribution in [2.24, 2.45) is 0 Å². The van der Waals surface area contributed by atoms with E-state index in [0.29, 0.717) is 16.9 Å². The molecule has 0 atom stereocenters. The Hall–Kier alpha value is -2.80. The predicted octanol–water partition coefficient (Wildman–Crippen LogP) is 2.52. The predicted molar refractivity (Wildman–Crippen MR) is 93.1 cm³/mol. The summed E-state index contributed by atoms with van der Waals surface area (Å²) in [6.07, 6.45) is 1.45. The molecule has 1 heterocycles. The number of nitrogens with zero attached hydrogens (tertiary/aromatic N) is 2. The van der Waals surface area contributed by atoms with Crippen molar-refractivity contribution in [3.05, 3.63) is 66.4 Å². The van der Waals surface area contributed by atoms with Crippen LogP contribution in [0.4, 0.5) is 5.82 Å². The molecule has 3 aromatic rings. The summed E-state index contributed by atoms with van der Waals surface area (Å²) in [6, 6.07) is 16.2. The fraction of sp³-hybridized carbons (Fsp3) is 0.118. The Balaban J connectivity index is 1.90. The zero-order valence-electron chi connectivity index (χ0n) is 13.1. The maximum Gasteiger partial charge on any atom is 0.258 e. The zero-order valence-corrected chi connectivity index (χ0v) is 13.9. The average Bonchev–Trinajstić information content (AvgIpc) is 2.99. The van der Waals surface area contributed by atoms with Crippen LogP contribution in [0.3, 0.4) is 0 Å². The number of nitrogens with two attached hydrogens (primary N) is 1. The van der Waals surface area contributed by atoms with Crippen LogP contribution in [0.15, 0.2) is 60.8 Å². The van der Waals surface area contributed by atoms with Crippen LogP contribution in [-0.4, -0.2) is 24.7 Å². The first-order valence-electron chi connectivity index (χ1n) is 7.26. The Kier molecular flexibility index (Phi) is 4.26. The van der Waals surface area contributed by atoms with Gasteiger partial charge >= 0.3 is 0 Å². The van der Waals surface area contributed by atoms with Crippen molar-refractivity contribution >= 4 is 15.8 Å². The van der Waals surface area contributed by atoms with Gasteiger partial charge < -0.3 is 10.5 Å². The normalized spacial score (nSPS) is 11.4. The number of anilines is 1. The quantitative estimate of drug-likeness (QED) is 0.769. The van der Waals surface area contributed by atoms with Crippen molar-refractivity contribution < 1.29 is 13.2 Å². The Bertz CT molecular complexity index is 933. The highest BCUT2D eigenvalue weighted by atomic mass is 32.2. The lowest BCUT2D eigenvalue weighted by molar-refractivity contribution is 0.414. The SMILES string of the molecule is COc1ccc(CS(=O)(=O)n2cc(-c3ccccc3)c(N)n2)cc1. The molecule has 3 rings (SSSR count). The molecule has 0 unspecified atom stereocenters. The van der Waals surface area contributed by atoms with Crippen molar-refractivity contribution in [1.29, 1.82) is 0 Å². The van der Waals surface area contributed by atoms with Gasteiger partial charge in [-0.1, -0.05) is 42.5 Å². The largest absolute Gasteiger partial charge is 0.497 e. The number of benzene rings is 2. The Morgan fingerprint density at radius 2 is 1.75 bits per heavy atom. The molecule has 7 heteroatoms. The van der Waals surface area contributed by atoms with E-state index < -0.39 is 10.0 Å². The van der Waals surface area contributed by atoms with Crippen molar-refractivity contribution in [1.82, 2.24) is 9.19 Å². The van der Waals surface area contributed by atoms with Gasteiger partial charge in [0.05, 0.1) is 19.1 Å². The summed E-state index contributed by atoms with van der Waals surface area (Å²) < 4.78 is 31.1. The third-order valence-corrected chi connectivity index (χ3v) is 5.05. The van der Waals surface area contributed by atoms with Crippen LogP contribution in [0.25, 0.3) is 11.1 Å². The van der Waals surface area contributed by atoms with Gasteiger partial charge in [0.2, 0.25) is 0 Å². The maximum absolute atomic E-state index is 12.6. The van der Waals surface area contributed by atoms with E-state index in [9.17, 15) is 8.42 Å². The minimum absolute atomic E-state index is 0.174. The van der Waals surface area contributed by atoms with Crippen molar-refractivity contribution in [3.8, 4) is 16.9 Å². The first-order chi connectivity index (χ1) is 11.5. The number of hydrogen-bond donors (Lipinski definition) is 1. The smallest absolute Gasteiger partial charge is 0.258 e. The van der Waals surface area contributed by atoms with Gasteiger partial charge in [-0.2, -0.15) is 4.09 Å². The topological polar surface area (TPSA) is 87.2 Å². The van der Waals surface area contributed by atoms with Crippen molar-refractivity contribution in [2.75, 3.05) is 12.8 Å². The van der Waals surface area contributed by atoms with Crippen LogP contribution in [-0.2, 0) is 15.8 Å². The van der Waals surface area contributed by atoms with E-state index in [1.165, 1.54) is 6.20 Å². The fourth-order valence-corrected chi connectivity index (χ4v) is 3.57. The molecule has 1 aromatic heterocycles. The number of methoxy groups -OCH3 is 1. The van der Waals surface area contributed by atoms with E-state index in [2.05, 4.69) is 5.10 Å². The van der Waals surface area contributed by atoms with Crippen molar-refractivity contribution in [3.63, 3.8) is 0 Å². The van der Waals surface area contributed by atoms with Crippen LogP contribution in [0.2, 0.25) is 0 Å². The number of rotatable bonds is 5. The number of nitrogen functional groups attached to an aromatic ring is 1. The molecule has 2 aromatic carbocycles. The zero-order chi connectivity index (χ0) is 17.2. The van der Waals surface area contributed by atoms with Crippen LogP contribution >= 0.6 is 0 Å². The van der Waals surface area contributed by atoms with Gasteiger partial charge in [-0.15, -0.1) is 5.10 Å². The van der Waals surface area contributed by atoms with Crippen molar-refractivity contribution in [2.45, 2.75) is 5.75 Å². The number of aromatic nitrogens is 2. The van der Waals surface area contributed by atoms with Crippen LogP contribution < -0.4 is 10.5 Å². The molecule has 0 bridgehead atoms. The molecule has 0 aliphatic rings. The Morgan fingerprint density at radius 3 is 2.38 bits per heavy atom. The minimum Gasteiger partial charge on any atom is -0.497 e. The summed E-state index contributed by atoms with van der Waals surface area (Å²) in [5.41, 5.74) is 7.94. The van der Waals surface area contributed by atoms with Gasteiger partial charge in [-0.3, -0.25) is 0 Å². The molecule has 0 saturated carbocycles.